The van der Waals surface area contributed by atoms with Crippen molar-refractivity contribution in [3.05, 3.63) is 16.6 Å². The average Bonchev–Trinajstić information content (AvgIpc) is 2.84. The molecule has 2 heterocycles. The van der Waals surface area contributed by atoms with E-state index in [2.05, 4.69) is 10.3 Å². The zero-order valence-corrected chi connectivity index (χ0v) is 10.8. The van der Waals surface area contributed by atoms with E-state index in [1.807, 2.05) is 17.2 Å². The molecule has 1 amide bonds. The number of carboxylic acids is 1. The molecule has 1 fully saturated rings. The molecule has 1 aromatic rings. The van der Waals surface area contributed by atoms with Crippen molar-refractivity contribution >= 4 is 23.2 Å². The topological polar surface area (TPSA) is 82.5 Å². The fourth-order valence-corrected chi connectivity index (χ4v) is 2.81. The molecular formula is C11H15N3O3S. The van der Waals surface area contributed by atoms with Gasteiger partial charge in [0.05, 0.1) is 23.7 Å². The van der Waals surface area contributed by atoms with Gasteiger partial charge in [0.25, 0.3) is 0 Å². The average molecular weight is 269 g/mol. The quantitative estimate of drug-likeness (QED) is 0.830. The molecule has 0 bridgehead atoms. The molecule has 2 unspecified atom stereocenters. The first-order valence-corrected chi connectivity index (χ1v) is 6.67. The second kappa shape index (κ2) is 5.45. The molecule has 0 radical (unpaired) electrons. The molecule has 6 nitrogen and oxygen atoms in total. The van der Waals surface area contributed by atoms with Crippen LogP contribution in [0.1, 0.15) is 25.1 Å². The molecule has 98 valence electrons. The third-order valence-corrected chi connectivity index (χ3v) is 3.72. The highest BCUT2D eigenvalue weighted by molar-refractivity contribution is 7.07. The lowest BCUT2D eigenvalue weighted by atomic mass is 10.1. The number of nitrogens with one attached hydrogen (secondary N) is 1. The SMILES string of the molecule is CC(c1cscn1)N1CCNC(=O)C1CC(=O)O. The van der Waals surface area contributed by atoms with Gasteiger partial charge in [-0.1, -0.05) is 0 Å². The number of carbonyl (C=O) groups excluding carboxylic acids is 1. The molecule has 0 saturated carbocycles. The predicted molar refractivity (Wildman–Crippen MR) is 66.3 cm³/mol. The van der Waals surface area contributed by atoms with Crippen LogP contribution in [0, 0.1) is 0 Å². The van der Waals surface area contributed by atoms with Crippen molar-refractivity contribution in [1.82, 2.24) is 15.2 Å². The van der Waals surface area contributed by atoms with Crippen LogP contribution in [0.25, 0.3) is 0 Å². The van der Waals surface area contributed by atoms with E-state index in [0.717, 1.165) is 5.69 Å². The Balaban J connectivity index is 2.17. The Bertz CT molecular complexity index is 435. The fourth-order valence-electron chi connectivity index (χ4n) is 2.17. The van der Waals surface area contributed by atoms with Crippen LogP contribution in [0.2, 0.25) is 0 Å². The van der Waals surface area contributed by atoms with Crippen molar-refractivity contribution in [2.24, 2.45) is 0 Å². The highest BCUT2D eigenvalue weighted by Crippen LogP contribution is 2.24. The summed E-state index contributed by atoms with van der Waals surface area (Å²) in [6.07, 6.45) is -0.180. The molecular weight excluding hydrogens is 254 g/mol. The first-order chi connectivity index (χ1) is 8.59. The lowest BCUT2D eigenvalue weighted by Gasteiger charge is -2.37. The lowest BCUT2D eigenvalue weighted by Crippen LogP contribution is -2.56. The lowest BCUT2D eigenvalue weighted by molar-refractivity contribution is -0.143. The first kappa shape index (κ1) is 13.0. The normalized spacial score (nSPS) is 22.5. The Labute approximate surface area is 109 Å². The molecule has 2 atom stereocenters. The van der Waals surface area contributed by atoms with Gasteiger partial charge in [-0.3, -0.25) is 14.5 Å². The molecule has 1 saturated heterocycles. The monoisotopic (exact) mass is 269 g/mol. The van der Waals surface area contributed by atoms with Crippen molar-refractivity contribution in [2.75, 3.05) is 13.1 Å². The molecule has 1 aliphatic heterocycles. The smallest absolute Gasteiger partial charge is 0.305 e. The summed E-state index contributed by atoms with van der Waals surface area (Å²) in [6.45, 7) is 3.13. The van der Waals surface area contributed by atoms with Crippen molar-refractivity contribution in [1.29, 1.82) is 0 Å². The Morgan fingerprint density at radius 1 is 1.78 bits per heavy atom. The number of nitrogens with zero attached hydrogens (tertiary/aromatic N) is 2. The minimum Gasteiger partial charge on any atom is -0.481 e. The van der Waals surface area contributed by atoms with Gasteiger partial charge < -0.3 is 10.4 Å². The second-order valence-electron chi connectivity index (χ2n) is 4.23. The van der Waals surface area contributed by atoms with Crippen LogP contribution >= 0.6 is 11.3 Å². The van der Waals surface area contributed by atoms with E-state index in [4.69, 9.17) is 5.11 Å². The minimum atomic E-state index is -0.965. The fraction of sp³-hybridized carbons (Fsp3) is 0.545. The van der Waals surface area contributed by atoms with Gasteiger partial charge in [-0.25, -0.2) is 4.98 Å². The minimum absolute atomic E-state index is 0.0494. The third-order valence-electron chi connectivity index (χ3n) is 3.12. The van der Waals surface area contributed by atoms with E-state index >= 15 is 0 Å². The maximum absolute atomic E-state index is 11.8. The molecule has 18 heavy (non-hydrogen) atoms. The van der Waals surface area contributed by atoms with Crippen molar-refractivity contribution in [3.63, 3.8) is 0 Å². The predicted octanol–water partition coefficient (Wildman–Crippen LogP) is 0.479. The van der Waals surface area contributed by atoms with Crippen LogP contribution in [0.5, 0.6) is 0 Å². The maximum atomic E-state index is 11.8. The number of aliphatic carboxylic acids is 1. The Morgan fingerprint density at radius 2 is 2.56 bits per heavy atom. The summed E-state index contributed by atoms with van der Waals surface area (Å²) in [5.74, 6) is -1.18. The number of rotatable bonds is 4. The number of amides is 1. The molecule has 1 aromatic heterocycles. The van der Waals surface area contributed by atoms with Crippen molar-refractivity contribution < 1.29 is 14.7 Å². The number of aromatic nitrogens is 1. The van der Waals surface area contributed by atoms with E-state index in [9.17, 15) is 9.59 Å². The molecule has 2 N–H and O–H groups in total. The van der Waals surface area contributed by atoms with E-state index in [-0.39, 0.29) is 18.4 Å². The summed E-state index contributed by atoms with van der Waals surface area (Å²) in [4.78, 5) is 28.8. The van der Waals surface area contributed by atoms with Crippen LogP contribution in [0.15, 0.2) is 10.9 Å². The molecule has 0 aliphatic carbocycles. The van der Waals surface area contributed by atoms with Crippen molar-refractivity contribution in [2.45, 2.75) is 25.4 Å². The largest absolute Gasteiger partial charge is 0.481 e. The molecule has 7 heteroatoms. The van der Waals surface area contributed by atoms with E-state index < -0.39 is 12.0 Å². The van der Waals surface area contributed by atoms with Gasteiger partial charge >= 0.3 is 5.97 Å². The molecule has 1 aliphatic rings. The van der Waals surface area contributed by atoms with Crippen LogP contribution in [0.4, 0.5) is 0 Å². The van der Waals surface area contributed by atoms with Gasteiger partial charge in [-0.15, -0.1) is 11.3 Å². The van der Waals surface area contributed by atoms with Gasteiger partial charge in [-0.05, 0) is 6.92 Å². The van der Waals surface area contributed by atoms with Gasteiger partial charge in [-0.2, -0.15) is 0 Å². The molecule has 2 rings (SSSR count). The molecule has 0 spiro atoms. The number of carbonyl (C=O) groups is 2. The Hall–Kier alpha value is -1.47. The first-order valence-electron chi connectivity index (χ1n) is 5.73. The van der Waals surface area contributed by atoms with Crippen molar-refractivity contribution in [3.8, 4) is 0 Å². The maximum Gasteiger partial charge on any atom is 0.305 e. The van der Waals surface area contributed by atoms with Crippen LogP contribution in [-0.2, 0) is 9.59 Å². The van der Waals surface area contributed by atoms with Gasteiger partial charge in [0.1, 0.15) is 6.04 Å². The van der Waals surface area contributed by atoms with Gasteiger partial charge in [0, 0.05) is 18.5 Å². The number of hydrogen-bond donors (Lipinski definition) is 2. The Morgan fingerprint density at radius 3 is 3.17 bits per heavy atom. The zero-order chi connectivity index (χ0) is 13.1. The summed E-state index contributed by atoms with van der Waals surface area (Å²) in [5, 5.41) is 13.5. The van der Waals surface area contributed by atoms with Crippen LogP contribution in [-0.4, -0.2) is 46.0 Å². The van der Waals surface area contributed by atoms with Gasteiger partial charge in [0.15, 0.2) is 0 Å². The summed E-state index contributed by atoms with van der Waals surface area (Å²) in [5.41, 5.74) is 2.62. The van der Waals surface area contributed by atoms with E-state index in [0.29, 0.717) is 13.1 Å². The van der Waals surface area contributed by atoms with Crippen LogP contribution < -0.4 is 5.32 Å². The van der Waals surface area contributed by atoms with Gasteiger partial charge in [0.2, 0.25) is 5.91 Å². The Kier molecular flexibility index (Phi) is 3.93. The summed E-state index contributed by atoms with van der Waals surface area (Å²) in [6, 6.07) is -0.667. The van der Waals surface area contributed by atoms with E-state index in [1.54, 1.807) is 5.51 Å². The summed E-state index contributed by atoms with van der Waals surface area (Å²) >= 11 is 1.49. The number of piperazine rings is 1. The molecule has 0 aromatic carbocycles. The number of thiazole rings is 1. The summed E-state index contributed by atoms with van der Waals surface area (Å²) in [7, 11) is 0. The van der Waals surface area contributed by atoms with E-state index in [1.165, 1.54) is 11.3 Å². The van der Waals surface area contributed by atoms with Crippen LogP contribution in [0.3, 0.4) is 0 Å². The highest BCUT2D eigenvalue weighted by atomic mass is 32.1. The number of carboxylic acid groups (broad SMARTS) is 1. The number of hydrogen-bond acceptors (Lipinski definition) is 5. The standard InChI is InChI=1S/C11H15N3O3S/c1-7(8-5-18-6-13-8)14-3-2-12-11(17)9(14)4-10(15)16/h5-7,9H,2-4H2,1H3,(H,12,17)(H,15,16). The summed E-state index contributed by atoms with van der Waals surface area (Å²) < 4.78 is 0. The second-order valence-corrected chi connectivity index (χ2v) is 4.95. The zero-order valence-electron chi connectivity index (χ0n) is 10.00. The highest BCUT2D eigenvalue weighted by Gasteiger charge is 2.35. The third kappa shape index (κ3) is 2.68.